The summed E-state index contributed by atoms with van der Waals surface area (Å²) in [6.45, 7) is 13.5. The third-order valence-corrected chi connectivity index (χ3v) is 4.62. The highest BCUT2D eigenvalue weighted by atomic mass is 127. The van der Waals surface area contributed by atoms with Crippen molar-refractivity contribution in [2.45, 2.75) is 58.7 Å². The number of nitrogens with zero attached hydrogens (tertiary/aromatic N) is 2. The molecule has 2 aliphatic rings. The highest BCUT2D eigenvalue weighted by Crippen LogP contribution is 2.22. The van der Waals surface area contributed by atoms with Crippen molar-refractivity contribution in [2.75, 3.05) is 32.8 Å². The van der Waals surface area contributed by atoms with E-state index in [1.54, 1.807) is 0 Å². The van der Waals surface area contributed by atoms with Gasteiger partial charge in [0, 0.05) is 25.2 Å². The molecule has 3 unspecified atom stereocenters. The first kappa shape index (κ1) is 20.0. The van der Waals surface area contributed by atoms with E-state index in [2.05, 4.69) is 43.2 Å². The number of fused-ring (bicyclic) bond motifs is 1. The van der Waals surface area contributed by atoms with Gasteiger partial charge in [-0.05, 0) is 39.2 Å². The minimum atomic E-state index is 0. The lowest BCUT2D eigenvalue weighted by atomic mass is 10.1. The van der Waals surface area contributed by atoms with E-state index in [4.69, 9.17) is 9.73 Å². The molecule has 2 rings (SSSR count). The van der Waals surface area contributed by atoms with Crippen LogP contribution in [0.3, 0.4) is 0 Å². The van der Waals surface area contributed by atoms with Crippen LogP contribution >= 0.6 is 24.0 Å². The van der Waals surface area contributed by atoms with Gasteiger partial charge in [0.25, 0.3) is 0 Å². The summed E-state index contributed by atoms with van der Waals surface area (Å²) in [4.78, 5) is 7.29. The maximum absolute atomic E-state index is 5.97. The van der Waals surface area contributed by atoms with Crippen LogP contribution in [-0.2, 0) is 4.74 Å². The average Bonchev–Trinajstić information content (AvgIpc) is 2.92. The molecule has 0 bridgehead atoms. The minimum absolute atomic E-state index is 0. The monoisotopic (exact) mass is 424 g/mol. The Morgan fingerprint density at radius 2 is 2.14 bits per heavy atom. The van der Waals surface area contributed by atoms with Crippen LogP contribution in [0.1, 0.15) is 40.5 Å². The highest BCUT2D eigenvalue weighted by molar-refractivity contribution is 14.0. The molecule has 3 atom stereocenters. The van der Waals surface area contributed by atoms with Gasteiger partial charge >= 0.3 is 0 Å². The molecule has 0 saturated carbocycles. The molecule has 0 amide bonds. The Balaban J connectivity index is 0.00000242. The molecule has 2 aliphatic heterocycles. The number of rotatable bonds is 5. The van der Waals surface area contributed by atoms with Gasteiger partial charge in [-0.15, -0.1) is 24.0 Å². The van der Waals surface area contributed by atoms with Gasteiger partial charge in [-0.2, -0.15) is 0 Å². The standard InChI is InChI=1S/C16H32N4O.HI/c1-5-17-16(19-13(4)12(2)3)18-9-15-10-20-8-6-7-14(20)11-21-15;/h12-15H,5-11H2,1-4H3,(H2,17,18,19);1H. The summed E-state index contributed by atoms with van der Waals surface area (Å²) in [5.74, 6) is 1.50. The molecule has 2 N–H and O–H groups in total. The zero-order valence-electron chi connectivity index (χ0n) is 14.5. The molecule has 130 valence electrons. The van der Waals surface area contributed by atoms with Crippen LogP contribution < -0.4 is 10.6 Å². The second-order valence-electron chi connectivity index (χ2n) is 6.64. The van der Waals surface area contributed by atoms with Gasteiger partial charge in [0.2, 0.25) is 0 Å². The highest BCUT2D eigenvalue weighted by Gasteiger charge is 2.31. The molecule has 0 aromatic heterocycles. The van der Waals surface area contributed by atoms with E-state index in [0.29, 0.717) is 18.0 Å². The molecule has 6 heteroatoms. The van der Waals surface area contributed by atoms with Crippen LogP contribution in [0.15, 0.2) is 4.99 Å². The molecule has 2 heterocycles. The fourth-order valence-corrected chi connectivity index (χ4v) is 2.89. The van der Waals surface area contributed by atoms with Gasteiger partial charge in [-0.3, -0.25) is 9.89 Å². The second kappa shape index (κ2) is 9.93. The molecule has 0 spiro atoms. The fraction of sp³-hybridized carbons (Fsp3) is 0.938. The summed E-state index contributed by atoms with van der Waals surface area (Å²) in [7, 11) is 0. The van der Waals surface area contributed by atoms with Crippen molar-refractivity contribution >= 4 is 29.9 Å². The smallest absolute Gasteiger partial charge is 0.191 e. The molecule has 0 aromatic rings. The first-order valence-corrected chi connectivity index (χ1v) is 8.50. The number of nitrogens with one attached hydrogen (secondary N) is 2. The van der Waals surface area contributed by atoms with E-state index in [0.717, 1.165) is 32.2 Å². The number of ether oxygens (including phenoxy) is 1. The van der Waals surface area contributed by atoms with E-state index in [9.17, 15) is 0 Å². The average molecular weight is 424 g/mol. The Bertz CT molecular complexity index is 351. The Kier molecular flexibility index (Phi) is 9.01. The van der Waals surface area contributed by atoms with E-state index < -0.39 is 0 Å². The van der Waals surface area contributed by atoms with Crippen LogP contribution in [0.25, 0.3) is 0 Å². The van der Waals surface area contributed by atoms with Gasteiger partial charge in [0.15, 0.2) is 5.96 Å². The van der Waals surface area contributed by atoms with Crippen LogP contribution in [-0.4, -0.2) is 61.8 Å². The van der Waals surface area contributed by atoms with Crippen molar-refractivity contribution in [3.05, 3.63) is 0 Å². The van der Waals surface area contributed by atoms with Gasteiger partial charge in [0.05, 0.1) is 19.3 Å². The summed E-state index contributed by atoms with van der Waals surface area (Å²) in [6, 6.07) is 1.08. The summed E-state index contributed by atoms with van der Waals surface area (Å²) in [5, 5.41) is 6.80. The lowest BCUT2D eigenvalue weighted by molar-refractivity contribution is -0.0432. The van der Waals surface area contributed by atoms with Crippen LogP contribution in [0.2, 0.25) is 0 Å². The summed E-state index contributed by atoms with van der Waals surface area (Å²) >= 11 is 0. The van der Waals surface area contributed by atoms with Gasteiger partial charge in [-0.25, -0.2) is 0 Å². The number of hydrogen-bond acceptors (Lipinski definition) is 3. The number of halogens is 1. The van der Waals surface area contributed by atoms with E-state index in [1.807, 2.05) is 0 Å². The summed E-state index contributed by atoms with van der Waals surface area (Å²) in [5.41, 5.74) is 0. The van der Waals surface area contributed by atoms with Crippen molar-refractivity contribution in [1.29, 1.82) is 0 Å². The molecule has 2 fully saturated rings. The fourth-order valence-electron chi connectivity index (χ4n) is 2.89. The SMILES string of the molecule is CCNC(=NCC1CN2CCCC2CO1)NC(C)C(C)C.I. The van der Waals surface area contributed by atoms with Crippen LogP contribution in [0, 0.1) is 5.92 Å². The maximum Gasteiger partial charge on any atom is 0.191 e. The summed E-state index contributed by atoms with van der Waals surface area (Å²) in [6.07, 6.45) is 2.86. The summed E-state index contributed by atoms with van der Waals surface area (Å²) < 4.78 is 5.97. The topological polar surface area (TPSA) is 48.9 Å². The van der Waals surface area contributed by atoms with Crippen molar-refractivity contribution < 1.29 is 4.74 Å². The van der Waals surface area contributed by atoms with E-state index in [1.165, 1.54) is 19.4 Å². The molecule has 0 aliphatic carbocycles. The third kappa shape index (κ3) is 5.85. The normalized spacial score (nSPS) is 27.2. The first-order chi connectivity index (χ1) is 10.1. The van der Waals surface area contributed by atoms with Crippen molar-refractivity contribution in [3.63, 3.8) is 0 Å². The lowest BCUT2D eigenvalue weighted by Crippen LogP contribution is -2.48. The molecule has 0 aromatic carbocycles. The Morgan fingerprint density at radius 1 is 1.36 bits per heavy atom. The van der Waals surface area contributed by atoms with Crippen LogP contribution in [0.4, 0.5) is 0 Å². The Hall–Kier alpha value is -0.0800. The van der Waals surface area contributed by atoms with Crippen molar-refractivity contribution in [3.8, 4) is 0 Å². The zero-order chi connectivity index (χ0) is 15.2. The van der Waals surface area contributed by atoms with Gasteiger partial charge < -0.3 is 15.4 Å². The second-order valence-corrected chi connectivity index (χ2v) is 6.64. The molecule has 5 nitrogen and oxygen atoms in total. The molecular weight excluding hydrogens is 391 g/mol. The van der Waals surface area contributed by atoms with Crippen LogP contribution in [0.5, 0.6) is 0 Å². The Labute approximate surface area is 152 Å². The van der Waals surface area contributed by atoms with Gasteiger partial charge in [0.1, 0.15) is 0 Å². The zero-order valence-corrected chi connectivity index (χ0v) is 16.8. The van der Waals surface area contributed by atoms with Crippen molar-refractivity contribution in [1.82, 2.24) is 15.5 Å². The molecule has 2 saturated heterocycles. The van der Waals surface area contributed by atoms with Crippen molar-refractivity contribution in [2.24, 2.45) is 10.9 Å². The largest absolute Gasteiger partial charge is 0.373 e. The third-order valence-electron chi connectivity index (χ3n) is 4.62. The minimum Gasteiger partial charge on any atom is -0.373 e. The number of hydrogen-bond donors (Lipinski definition) is 2. The molecule has 0 radical (unpaired) electrons. The molecule has 22 heavy (non-hydrogen) atoms. The molecular formula is C16H33IN4O. The predicted molar refractivity (Wildman–Crippen MR) is 103 cm³/mol. The number of morpholine rings is 1. The van der Waals surface area contributed by atoms with E-state index >= 15 is 0 Å². The number of guanidine groups is 1. The maximum atomic E-state index is 5.97. The van der Waals surface area contributed by atoms with Gasteiger partial charge in [-0.1, -0.05) is 13.8 Å². The van der Waals surface area contributed by atoms with E-state index in [-0.39, 0.29) is 30.1 Å². The number of aliphatic imine (C=N–C) groups is 1. The lowest BCUT2D eigenvalue weighted by Gasteiger charge is -2.34. The first-order valence-electron chi connectivity index (χ1n) is 8.50. The Morgan fingerprint density at radius 3 is 2.82 bits per heavy atom. The predicted octanol–water partition coefficient (Wildman–Crippen LogP) is 2.07. The quantitative estimate of drug-likeness (QED) is 0.403.